The number of carbonyl (C=O) groups excluding carboxylic acids is 1. The molecule has 2 aromatic rings. The number of ether oxygens (including phenoxy) is 2. The molecule has 130 valence electrons. The number of benzene rings is 2. The number of allylic oxidation sites excluding steroid dienone is 1. The Bertz CT molecular complexity index is 830. The Morgan fingerprint density at radius 3 is 2.68 bits per heavy atom. The second kappa shape index (κ2) is 7.62. The number of Topliss-reactive ketones (excluding diaryl/α,β-unsaturated/α-hetero) is 1. The maximum atomic E-state index is 12.4. The van der Waals surface area contributed by atoms with Crippen LogP contribution in [0.3, 0.4) is 0 Å². The largest absolute Gasteiger partial charge is 0.493 e. The van der Waals surface area contributed by atoms with Crippen molar-refractivity contribution in [1.29, 1.82) is 0 Å². The van der Waals surface area contributed by atoms with Crippen LogP contribution in [-0.2, 0) is 12.8 Å². The molecule has 0 radical (unpaired) electrons. The molecule has 1 aliphatic carbocycles. The van der Waals surface area contributed by atoms with Crippen LogP contribution < -0.4 is 14.8 Å². The Labute approximate surface area is 152 Å². The summed E-state index contributed by atoms with van der Waals surface area (Å²) in [4.78, 5) is 12.4. The van der Waals surface area contributed by atoms with E-state index in [9.17, 15) is 4.79 Å². The minimum Gasteiger partial charge on any atom is -0.493 e. The molecule has 0 aliphatic heterocycles. The van der Waals surface area contributed by atoms with Gasteiger partial charge < -0.3 is 14.8 Å². The second-order valence-electron chi connectivity index (χ2n) is 5.83. The monoisotopic (exact) mass is 357 g/mol. The van der Waals surface area contributed by atoms with Gasteiger partial charge in [0, 0.05) is 35.3 Å². The molecule has 0 atom stereocenters. The smallest absolute Gasteiger partial charge is 0.191 e. The first-order valence-corrected chi connectivity index (χ1v) is 8.47. The highest BCUT2D eigenvalue weighted by Crippen LogP contribution is 2.31. The highest BCUT2D eigenvalue weighted by molar-refractivity contribution is 6.32. The van der Waals surface area contributed by atoms with Gasteiger partial charge in [0.15, 0.2) is 17.3 Å². The number of hydrogen-bond acceptors (Lipinski definition) is 4. The van der Waals surface area contributed by atoms with Crippen molar-refractivity contribution in [2.45, 2.75) is 12.8 Å². The van der Waals surface area contributed by atoms with Gasteiger partial charge >= 0.3 is 0 Å². The molecular formula is C20H20ClNO3. The van der Waals surface area contributed by atoms with Crippen LogP contribution >= 0.6 is 11.6 Å². The van der Waals surface area contributed by atoms with Gasteiger partial charge in [-0.25, -0.2) is 0 Å². The highest BCUT2D eigenvalue weighted by Gasteiger charge is 2.26. The fraction of sp³-hybridized carbons (Fsp3) is 0.250. The van der Waals surface area contributed by atoms with Crippen LogP contribution in [0.5, 0.6) is 11.5 Å². The molecule has 0 unspecified atom stereocenters. The molecule has 25 heavy (non-hydrogen) atoms. The van der Waals surface area contributed by atoms with Gasteiger partial charge in [0.25, 0.3) is 0 Å². The maximum absolute atomic E-state index is 12.4. The molecule has 2 aromatic carbocycles. The van der Waals surface area contributed by atoms with Crippen molar-refractivity contribution in [2.75, 3.05) is 20.8 Å². The summed E-state index contributed by atoms with van der Waals surface area (Å²) >= 11 is 6.17. The molecule has 0 heterocycles. The van der Waals surface area contributed by atoms with E-state index in [0.717, 1.165) is 35.4 Å². The summed E-state index contributed by atoms with van der Waals surface area (Å²) in [5, 5.41) is 3.88. The average molecular weight is 358 g/mol. The topological polar surface area (TPSA) is 47.6 Å². The molecule has 0 aromatic heterocycles. The van der Waals surface area contributed by atoms with E-state index >= 15 is 0 Å². The third kappa shape index (κ3) is 3.64. The van der Waals surface area contributed by atoms with Gasteiger partial charge in [-0.2, -0.15) is 0 Å². The summed E-state index contributed by atoms with van der Waals surface area (Å²) in [6, 6.07) is 11.3. The van der Waals surface area contributed by atoms with E-state index in [-0.39, 0.29) is 5.78 Å². The van der Waals surface area contributed by atoms with Gasteiger partial charge in [-0.3, -0.25) is 4.79 Å². The molecule has 1 N–H and O–H groups in total. The van der Waals surface area contributed by atoms with Gasteiger partial charge in [-0.1, -0.05) is 29.8 Å². The Hall–Kier alpha value is -2.46. The van der Waals surface area contributed by atoms with E-state index in [1.807, 2.05) is 36.4 Å². The Morgan fingerprint density at radius 1 is 1.16 bits per heavy atom. The summed E-state index contributed by atoms with van der Waals surface area (Å²) in [5.74, 6) is 1.48. The second-order valence-corrected chi connectivity index (χ2v) is 6.24. The molecule has 0 amide bonds. The van der Waals surface area contributed by atoms with E-state index in [2.05, 4.69) is 5.32 Å². The van der Waals surface area contributed by atoms with Crippen molar-refractivity contribution >= 4 is 17.4 Å². The minimum atomic E-state index is 0.0520. The third-order valence-corrected chi connectivity index (χ3v) is 4.66. The minimum absolute atomic E-state index is 0.0520. The molecule has 0 fully saturated rings. The first kappa shape index (κ1) is 17.4. The summed E-state index contributed by atoms with van der Waals surface area (Å²) in [6.07, 6.45) is 3.20. The van der Waals surface area contributed by atoms with Gasteiger partial charge in [-0.05, 0) is 35.7 Å². The van der Waals surface area contributed by atoms with Crippen LogP contribution in [0, 0.1) is 0 Å². The van der Waals surface area contributed by atoms with Crippen molar-refractivity contribution < 1.29 is 14.3 Å². The van der Waals surface area contributed by atoms with Gasteiger partial charge in [0.05, 0.1) is 14.2 Å². The number of fused-ring (bicyclic) bond motifs is 1. The third-order valence-electron chi connectivity index (χ3n) is 4.30. The van der Waals surface area contributed by atoms with Crippen LogP contribution in [0.25, 0.3) is 0 Å². The molecular weight excluding hydrogens is 338 g/mol. The Balaban J connectivity index is 1.60. The molecule has 0 bridgehead atoms. The number of methoxy groups -OCH3 is 2. The number of rotatable bonds is 6. The van der Waals surface area contributed by atoms with Crippen LogP contribution in [0.1, 0.15) is 21.5 Å². The average Bonchev–Trinajstić information content (AvgIpc) is 2.96. The standard InChI is InChI=1S/C20H20ClNO3/c1-24-18-7-6-13(10-19(18)25-2)8-9-22-12-14-11-16-15(20(14)23)4-3-5-17(16)21/h3-7,10,12,22H,8-9,11H2,1-2H3/b14-12+. The van der Waals surface area contributed by atoms with Crippen LogP contribution in [0.4, 0.5) is 0 Å². The van der Waals surface area contributed by atoms with E-state index in [1.165, 1.54) is 0 Å². The quantitative estimate of drug-likeness (QED) is 0.630. The molecule has 0 saturated carbocycles. The molecule has 0 spiro atoms. The van der Waals surface area contributed by atoms with Crippen LogP contribution in [0.2, 0.25) is 5.02 Å². The first-order chi connectivity index (χ1) is 12.1. The first-order valence-electron chi connectivity index (χ1n) is 8.09. The summed E-state index contributed by atoms with van der Waals surface area (Å²) in [7, 11) is 3.24. The van der Waals surface area contributed by atoms with Crippen LogP contribution in [0.15, 0.2) is 48.2 Å². The van der Waals surface area contributed by atoms with Crippen molar-refractivity contribution in [3.63, 3.8) is 0 Å². The van der Waals surface area contributed by atoms with Crippen molar-refractivity contribution in [3.8, 4) is 11.5 Å². The lowest BCUT2D eigenvalue weighted by Gasteiger charge is -2.09. The lowest BCUT2D eigenvalue weighted by atomic mass is 10.1. The molecule has 0 saturated heterocycles. The fourth-order valence-electron chi connectivity index (χ4n) is 2.96. The van der Waals surface area contributed by atoms with E-state index < -0.39 is 0 Å². The highest BCUT2D eigenvalue weighted by atomic mass is 35.5. The molecule has 3 rings (SSSR count). The van der Waals surface area contributed by atoms with Crippen LogP contribution in [-0.4, -0.2) is 26.5 Å². The predicted molar refractivity (Wildman–Crippen MR) is 98.8 cm³/mol. The Kier molecular flexibility index (Phi) is 5.29. The van der Waals surface area contributed by atoms with Crippen molar-refractivity contribution in [2.24, 2.45) is 0 Å². The predicted octanol–water partition coefficient (Wildman–Crippen LogP) is 3.81. The number of halogens is 1. The zero-order valence-electron chi connectivity index (χ0n) is 14.3. The zero-order valence-corrected chi connectivity index (χ0v) is 15.0. The molecule has 5 heteroatoms. The molecule has 4 nitrogen and oxygen atoms in total. The number of ketones is 1. The van der Waals surface area contributed by atoms with Gasteiger partial charge in [0.2, 0.25) is 0 Å². The summed E-state index contributed by atoms with van der Waals surface area (Å²) in [6.45, 7) is 0.719. The summed E-state index contributed by atoms with van der Waals surface area (Å²) in [5.41, 5.74) is 3.51. The van der Waals surface area contributed by atoms with Crippen molar-refractivity contribution in [3.05, 3.63) is 69.9 Å². The lowest BCUT2D eigenvalue weighted by molar-refractivity contribution is 0.103. The lowest BCUT2D eigenvalue weighted by Crippen LogP contribution is -2.12. The fourth-order valence-corrected chi connectivity index (χ4v) is 3.20. The number of hydrogen-bond donors (Lipinski definition) is 1. The SMILES string of the molecule is COc1ccc(CCN/C=C2\Cc3c(Cl)cccc3C2=O)cc1OC. The number of nitrogens with one attached hydrogen (secondary N) is 1. The van der Waals surface area contributed by atoms with E-state index in [0.29, 0.717) is 22.8 Å². The van der Waals surface area contributed by atoms with E-state index in [1.54, 1.807) is 20.4 Å². The summed E-state index contributed by atoms with van der Waals surface area (Å²) < 4.78 is 10.5. The van der Waals surface area contributed by atoms with Gasteiger partial charge in [0.1, 0.15) is 0 Å². The van der Waals surface area contributed by atoms with Gasteiger partial charge in [-0.15, -0.1) is 0 Å². The molecule has 1 aliphatic rings. The number of carbonyl (C=O) groups is 1. The zero-order chi connectivity index (χ0) is 17.8. The maximum Gasteiger partial charge on any atom is 0.191 e. The van der Waals surface area contributed by atoms with Crippen molar-refractivity contribution in [1.82, 2.24) is 5.32 Å². The normalized spacial score (nSPS) is 14.5. The van der Waals surface area contributed by atoms with E-state index in [4.69, 9.17) is 21.1 Å². The Morgan fingerprint density at radius 2 is 1.96 bits per heavy atom.